The first-order valence-electron chi connectivity index (χ1n) is 15.3. The first-order chi connectivity index (χ1) is 17.0. The molecule has 0 aromatic heterocycles. The van der Waals surface area contributed by atoms with Crippen LogP contribution in [0.2, 0.25) is 57.9 Å². The van der Waals surface area contributed by atoms with Gasteiger partial charge in [-0.3, -0.25) is 0 Å². The SMILES string of the molecule is CC(C)(C)[N-][Si](C)(C)C1C2C=C(C(C)(C)C)C=CC2C2C=CC(C(C)(C)C)=CC21.[CH2-][Si](C)(C)C.[CH2-][Si](C)(C)C.[CH3-].[Ti+4]. The van der Waals surface area contributed by atoms with Gasteiger partial charge in [0, 0.05) is 0 Å². The molecule has 0 aromatic rings. The van der Waals surface area contributed by atoms with E-state index in [1.165, 1.54) is 11.1 Å². The van der Waals surface area contributed by atoms with Gasteiger partial charge in [0.2, 0.25) is 0 Å². The average Bonchev–Trinajstić information content (AvgIpc) is 2.95. The van der Waals surface area contributed by atoms with Crippen molar-refractivity contribution in [2.75, 3.05) is 0 Å². The maximum Gasteiger partial charge on any atom is 4.00 e. The number of hydrogen-bond acceptors (Lipinski definition) is 0. The number of nitrogens with zero attached hydrogens (tertiary/aromatic N) is 1. The van der Waals surface area contributed by atoms with Gasteiger partial charge >= 0.3 is 21.7 Å². The number of hydrogen-bond donors (Lipinski definition) is 0. The monoisotopic (exact) mass is 647 g/mol. The molecular weight excluding hydrogens is 579 g/mol. The molecule has 4 atom stereocenters. The predicted octanol–water partition coefficient (Wildman–Crippen LogP) is 12.1. The maximum atomic E-state index is 5.51. The Morgan fingerprint density at radius 2 is 0.854 bits per heavy atom. The Labute approximate surface area is 278 Å². The third-order valence-electron chi connectivity index (χ3n) is 7.07. The Morgan fingerprint density at radius 3 is 1.07 bits per heavy atom. The van der Waals surface area contributed by atoms with Crippen LogP contribution in [0.1, 0.15) is 62.3 Å². The topological polar surface area (TPSA) is 14.1 Å². The van der Waals surface area contributed by atoms with Crippen LogP contribution in [0, 0.1) is 55.0 Å². The summed E-state index contributed by atoms with van der Waals surface area (Å²) in [5.41, 5.74) is 4.11. The summed E-state index contributed by atoms with van der Waals surface area (Å²) in [6.45, 7) is 47.1. The summed E-state index contributed by atoms with van der Waals surface area (Å²) in [7, 11) is -3.55. The van der Waals surface area contributed by atoms with E-state index >= 15 is 0 Å². The molecule has 0 aliphatic heterocycles. The van der Waals surface area contributed by atoms with Gasteiger partial charge in [-0.1, -0.05) is 165 Å². The summed E-state index contributed by atoms with van der Waals surface area (Å²) >= 11 is 0. The number of rotatable bonds is 2. The van der Waals surface area contributed by atoms with Crippen molar-refractivity contribution >= 4 is 24.4 Å². The molecule has 0 spiro atoms. The molecule has 0 saturated heterocycles. The maximum absolute atomic E-state index is 5.51. The Morgan fingerprint density at radius 1 is 0.585 bits per heavy atom. The summed E-state index contributed by atoms with van der Waals surface area (Å²) in [5.74, 6) is 2.45. The molecule has 0 bridgehead atoms. The first kappa shape index (κ1) is 43.4. The normalized spacial score (nSPS) is 26.0. The van der Waals surface area contributed by atoms with Crippen LogP contribution in [0.4, 0.5) is 0 Å². The Balaban J connectivity index is 0. The van der Waals surface area contributed by atoms with Gasteiger partial charge < -0.3 is 25.5 Å². The van der Waals surface area contributed by atoms with E-state index in [0.29, 0.717) is 29.2 Å². The predicted molar refractivity (Wildman–Crippen MR) is 195 cm³/mol. The quantitative estimate of drug-likeness (QED) is 0.209. The molecule has 3 aliphatic rings. The minimum Gasteiger partial charge on any atom is -0.660 e. The zero-order valence-corrected chi connectivity index (χ0v) is 35.3. The molecule has 0 aromatic carbocycles. The van der Waals surface area contributed by atoms with Crippen molar-refractivity contribution in [3.05, 3.63) is 73.1 Å². The van der Waals surface area contributed by atoms with Gasteiger partial charge in [-0.05, 0) is 45.6 Å². The second-order valence-corrected chi connectivity index (χ2v) is 32.8. The molecule has 3 rings (SSSR count). The first-order valence-corrected chi connectivity index (χ1v) is 25.7. The third kappa shape index (κ3) is 15.2. The summed E-state index contributed by atoms with van der Waals surface area (Å²) in [5, 5.41) is 0. The third-order valence-corrected chi connectivity index (χ3v) is 10.7. The molecule has 5 heteroatoms. The van der Waals surface area contributed by atoms with Crippen molar-refractivity contribution in [3.8, 4) is 0 Å². The molecule has 41 heavy (non-hydrogen) atoms. The van der Waals surface area contributed by atoms with Crippen LogP contribution in [0.25, 0.3) is 4.98 Å². The van der Waals surface area contributed by atoms with E-state index in [0.717, 1.165) is 0 Å². The van der Waals surface area contributed by atoms with Crippen LogP contribution in [-0.4, -0.2) is 29.9 Å². The van der Waals surface area contributed by atoms with E-state index in [1.54, 1.807) is 0 Å². The number of allylic oxidation sites excluding steroid dienone is 8. The molecule has 1 fully saturated rings. The van der Waals surface area contributed by atoms with Gasteiger partial charge in [0.1, 0.15) is 0 Å². The van der Waals surface area contributed by atoms with E-state index in [9.17, 15) is 0 Å². The minimum absolute atomic E-state index is 0. The van der Waals surface area contributed by atoms with Gasteiger partial charge in [-0.25, -0.2) is 0 Å². The number of fused-ring (bicyclic) bond motifs is 3. The van der Waals surface area contributed by atoms with Crippen LogP contribution in [-0.2, 0) is 21.7 Å². The largest absolute Gasteiger partial charge is 4.00 e. The van der Waals surface area contributed by atoms with E-state index in [1.807, 2.05) is 0 Å². The molecule has 0 radical (unpaired) electrons. The van der Waals surface area contributed by atoms with Crippen molar-refractivity contribution in [3.63, 3.8) is 0 Å². The summed E-state index contributed by atoms with van der Waals surface area (Å²) in [6, 6.07) is 0. The molecule has 1 nitrogen and oxygen atoms in total. The smallest absolute Gasteiger partial charge is 0.660 e. The van der Waals surface area contributed by atoms with Gasteiger partial charge in [-0.2, -0.15) is 0 Å². The molecule has 3 aliphatic carbocycles. The van der Waals surface area contributed by atoms with Crippen molar-refractivity contribution in [2.24, 2.45) is 34.5 Å². The average molecular weight is 648 g/mol. The van der Waals surface area contributed by atoms with E-state index < -0.39 is 24.4 Å². The fourth-order valence-corrected chi connectivity index (χ4v) is 10.4. The van der Waals surface area contributed by atoms with Gasteiger partial charge in [0.05, 0.1) is 0 Å². The van der Waals surface area contributed by atoms with Crippen molar-refractivity contribution in [1.29, 1.82) is 0 Å². The molecule has 0 N–H and O–H groups in total. The summed E-state index contributed by atoms with van der Waals surface area (Å²) < 4.78 is 0. The molecule has 1 saturated carbocycles. The standard InChI is InChI=1S/C27H44NSi.2C4H11Si.CH3.Ti/c1-25(2,3)18-12-14-20-21-15-13-19(26(4,5)6)17-23(21)24(22(20)16-18)29(10,11)28-27(7,8)9;2*1-5(2,3)4;;/h12-17,20-24H,1-11H3;2*1H2,2-4H3;1H3;/q4*-1;+4. The Kier molecular flexibility index (Phi) is 15.9. The van der Waals surface area contributed by atoms with Crippen LogP contribution in [0.3, 0.4) is 0 Å². The van der Waals surface area contributed by atoms with E-state index in [2.05, 4.69) is 164 Å². The van der Waals surface area contributed by atoms with Crippen molar-refractivity contribution < 1.29 is 21.7 Å². The fourth-order valence-electron chi connectivity index (χ4n) is 6.03. The van der Waals surface area contributed by atoms with Crippen LogP contribution in [0.5, 0.6) is 0 Å². The second-order valence-electron chi connectivity index (χ2n) is 18.4. The van der Waals surface area contributed by atoms with Crippen molar-refractivity contribution in [2.45, 2.75) is 126 Å². The molecule has 234 valence electrons. The van der Waals surface area contributed by atoms with E-state index in [-0.39, 0.29) is 45.5 Å². The van der Waals surface area contributed by atoms with Gasteiger partial charge in [0.15, 0.2) is 0 Å². The Bertz CT molecular complexity index is 862. The zero-order chi connectivity index (χ0) is 31.0. The molecular formula is C36H69NSi3Ti. The van der Waals surface area contributed by atoms with E-state index in [4.69, 9.17) is 4.98 Å². The zero-order valence-electron chi connectivity index (χ0n) is 30.7. The molecule has 0 amide bonds. The summed E-state index contributed by atoms with van der Waals surface area (Å²) in [6.07, 6.45) is 15.2. The molecule has 0 heterocycles. The summed E-state index contributed by atoms with van der Waals surface area (Å²) in [4.78, 5) is 5.51. The van der Waals surface area contributed by atoms with Crippen LogP contribution < -0.4 is 0 Å². The van der Waals surface area contributed by atoms with Crippen LogP contribution >= 0.6 is 0 Å². The van der Waals surface area contributed by atoms with Crippen LogP contribution in [0.15, 0.2) is 47.6 Å². The van der Waals surface area contributed by atoms with Crippen molar-refractivity contribution in [1.82, 2.24) is 0 Å². The van der Waals surface area contributed by atoms with Gasteiger partial charge in [-0.15, -0.1) is 21.7 Å². The fraction of sp³-hybridized carbons (Fsp3) is 0.694. The molecule has 4 unspecified atom stereocenters. The minimum atomic E-state index is -1.83. The van der Waals surface area contributed by atoms with Gasteiger partial charge in [0.25, 0.3) is 0 Å². The second kappa shape index (κ2) is 15.0. The Hall–Kier alpha value is 0.285.